The highest BCUT2D eigenvalue weighted by molar-refractivity contribution is 6.42. The minimum atomic E-state index is -0.950. The summed E-state index contributed by atoms with van der Waals surface area (Å²) in [6.45, 7) is 8.39. The number of carbonyl (C=O) groups is 2. The van der Waals surface area contributed by atoms with Crippen molar-refractivity contribution in [3.8, 4) is 5.75 Å². The summed E-state index contributed by atoms with van der Waals surface area (Å²) in [5, 5.41) is 16.5. The van der Waals surface area contributed by atoms with Crippen molar-refractivity contribution in [2.75, 3.05) is 26.7 Å². The zero-order chi connectivity index (χ0) is 27.7. The van der Waals surface area contributed by atoms with Crippen LogP contribution in [0.1, 0.15) is 57.6 Å². The van der Waals surface area contributed by atoms with Crippen molar-refractivity contribution < 1.29 is 23.9 Å². The molecule has 38 heavy (non-hydrogen) atoms. The Bertz CT molecular complexity index is 1200. The lowest BCUT2D eigenvalue weighted by Gasteiger charge is -2.60. The molecule has 0 spiro atoms. The summed E-state index contributed by atoms with van der Waals surface area (Å²) >= 11 is 12.2. The van der Waals surface area contributed by atoms with Gasteiger partial charge in [-0.25, -0.2) is 0 Å². The number of hydrogen-bond donors (Lipinski definition) is 2. The van der Waals surface area contributed by atoms with Crippen LogP contribution in [0.15, 0.2) is 42.5 Å². The van der Waals surface area contributed by atoms with Crippen LogP contribution in [0.3, 0.4) is 0 Å². The van der Waals surface area contributed by atoms with Gasteiger partial charge in [-0.05, 0) is 54.7 Å². The Labute approximate surface area is 235 Å². The Hall–Kier alpha value is -2.12. The number of hydrogen-bond acceptors (Lipinski definition) is 4. The van der Waals surface area contributed by atoms with Crippen LogP contribution < -0.4 is 10.1 Å². The van der Waals surface area contributed by atoms with E-state index < -0.39 is 11.0 Å². The van der Waals surface area contributed by atoms with Crippen LogP contribution in [0.25, 0.3) is 0 Å². The Morgan fingerprint density at radius 2 is 1.92 bits per heavy atom. The number of ether oxygens (including phenoxy) is 1. The number of likely N-dealkylation sites (N-methyl/N-ethyl adjacent to an activating group) is 1. The predicted octanol–water partition coefficient (Wildman–Crippen LogP) is 5.31. The van der Waals surface area contributed by atoms with Gasteiger partial charge in [-0.1, -0.05) is 55.2 Å². The molecule has 0 radical (unpaired) electrons. The van der Waals surface area contributed by atoms with Crippen molar-refractivity contribution >= 4 is 35.1 Å². The average Bonchev–Trinajstić information content (AvgIpc) is 2.81. The number of halogens is 2. The quantitative estimate of drug-likeness (QED) is 0.273. The van der Waals surface area contributed by atoms with E-state index in [-0.39, 0.29) is 24.3 Å². The third kappa shape index (κ3) is 6.20. The third-order valence-corrected chi connectivity index (χ3v) is 9.02. The van der Waals surface area contributed by atoms with Crippen molar-refractivity contribution in [1.29, 1.82) is 0 Å². The first-order chi connectivity index (χ1) is 17.8. The summed E-state index contributed by atoms with van der Waals surface area (Å²) in [5.74, 6) is 0.526. The lowest BCUT2D eigenvalue weighted by atomic mass is 9.54. The SMILES string of the molecule is CC(=O)Oc1cccc([C@]23CC[N@@+](C)(CC(C)C)CC2(O)CC[C@@H](NC(=O)Cc2ccc(Cl)c(Cl)c2)C3)c1. The topological polar surface area (TPSA) is 75.6 Å². The molecule has 2 aromatic carbocycles. The van der Waals surface area contributed by atoms with Crippen molar-refractivity contribution in [2.24, 2.45) is 5.92 Å². The summed E-state index contributed by atoms with van der Waals surface area (Å²) < 4.78 is 6.22. The van der Waals surface area contributed by atoms with Gasteiger partial charge in [0, 0.05) is 30.7 Å². The molecular weight excluding hydrogens is 523 g/mol. The van der Waals surface area contributed by atoms with Crippen LogP contribution in [0.2, 0.25) is 10.0 Å². The maximum absolute atomic E-state index is 13.0. The number of carbonyl (C=O) groups excluding carboxylic acids is 2. The Kier molecular flexibility index (Phi) is 8.49. The normalized spacial score (nSPS) is 29.0. The minimum Gasteiger partial charge on any atom is -0.427 e. The maximum atomic E-state index is 13.0. The zero-order valence-corrected chi connectivity index (χ0v) is 24.2. The smallest absolute Gasteiger partial charge is 0.308 e. The van der Waals surface area contributed by atoms with Crippen LogP contribution in [0, 0.1) is 5.92 Å². The number of amides is 1. The summed E-state index contributed by atoms with van der Waals surface area (Å²) in [6.07, 6.45) is 2.86. The Balaban J connectivity index is 1.61. The molecule has 1 aliphatic carbocycles. The molecule has 0 bridgehead atoms. The van der Waals surface area contributed by atoms with Crippen molar-refractivity contribution in [1.82, 2.24) is 5.32 Å². The third-order valence-electron chi connectivity index (χ3n) is 8.28. The number of fused-ring (bicyclic) bond motifs is 1. The van der Waals surface area contributed by atoms with Gasteiger partial charge in [-0.15, -0.1) is 0 Å². The number of esters is 1. The van der Waals surface area contributed by atoms with Crippen molar-refractivity contribution in [2.45, 2.75) is 69.9 Å². The van der Waals surface area contributed by atoms with Crippen LogP contribution in [-0.2, 0) is 21.4 Å². The molecule has 2 fully saturated rings. The largest absolute Gasteiger partial charge is 0.427 e. The number of aliphatic hydroxyl groups is 1. The number of nitrogens with one attached hydrogen (secondary N) is 1. The fourth-order valence-corrected chi connectivity index (χ4v) is 7.25. The molecule has 1 saturated carbocycles. The van der Waals surface area contributed by atoms with Gasteiger partial charge in [-0.2, -0.15) is 0 Å². The maximum Gasteiger partial charge on any atom is 0.308 e. The molecule has 2 aliphatic rings. The molecule has 0 aromatic heterocycles. The molecule has 4 rings (SSSR count). The van der Waals surface area contributed by atoms with E-state index in [4.69, 9.17) is 27.9 Å². The molecule has 1 saturated heterocycles. The zero-order valence-electron chi connectivity index (χ0n) is 22.7. The van der Waals surface area contributed by atoms with E-state index in [1.807, 2.05) is 24.3 Å². The van der Waals surface area contributed by atoms with E-state index in [1.54, 1.807) is 18.2 Å². The van der Waals surface area contributed by atoms with Gasteiger partial charge in [-0.3, -0.25) is 9.59 Å². The second-order valence-electron chi connectivity index (χ2n) is 12.0. The summed E-state index contributed by atoms with van der Waals surface area (Å²) in [7, 11) is 2.24. The monoisotopic (exact) mass is 561 g/mol. The molecule has 1 heterocycles. The number of benzene rings is 2. The molecule has 2 aromatic rings. The Morgan fingerprint density at radius 3 is 2.61 bits per heavy atom. The first-order valence-corrected chi connectivity index (χ1v) is 14.2. The van der Waals surface area contributed by atoms with Gasteiger partial charge in [0.1, 0.15) is 17.9 Å². The first-order valence-electron chi connectivity index (χ1n) is 13.4. The predicted molar refractivity (Wildman–Crippen MR) is 151 cm³/mol. The second-order valence-corrected chi connectivity index (χ2v) is 12.8. The minimum absolute atomic E-state index is 0.0844. The molecule has 8 heteroatoms. The molecule has 6 nitrogen and oxygen atoms in total. The van der Waals surface area contributed by atoms with Gasteiger partial charge in [0.2, 0.25) is 5.91 Å². The molecule has 1 amide bonds. The lowest BCUT2D eigenvalue weighted by Crippen LogP contribution is -2.71. The van der Waals surface area contributed by atoms with Crippen molar-refractivity contribution in [3.63, 3.8) is 0 Å². The van der Waals surface area contributed by atoms with Crippen LogP contribution in [0.4, 0.5) is 0 Å². The highest BCUT2D eigenvalue weighted by Gasteiger charge is 2.61. The second kappa shape index (κ2) is 11.2. The van der Waals surface area contributed by atoms with Crippen LogP contribution in [0.5, 0.6) is 5.75 Å². The number of quaternary nitrogens is 1. The van der Waals surface area contributed by atoms with Crippen LogP contribution >= 0.6 is 23.2 Å². The fraction of sp³-hybridized carbons (Fsp3) is 0.533. The van der Waals surface area contributed by atoms with Crippen molar-refractivity contribution in [3.05, 3.63) is 63.6 Å². The molecule has 2 N–H and O–H groups in total. The standard InChI is InChI=1S/C30H38Cl2N2O4/c1-20(2)18-34(4)13-12-29(23-6-5-7-25(16-23)38-21(3)35)17-24(10-11-30(29,37)19-34)33-28(36)15-22-8-9-26(31)27(32)14-22/h5-9,14,16,20,24,37H,10-13,15,17-19H2,1-4H3/p+1/t24-,29-,30?,34+/m1/s1. The average molecular weight is 563 g/mol. The molecule has 4 atom stereocenters. The number of nitrogens with zero attached hydrogens (tertiary/aromatic N) is 1. The molecule has 1 unspecified atom stereocenters. The number of piperidine rings is 1. The van der Waals surface area contributed by atoms with E-state index in [1.165, 1.54) is 6.92 Å². The van der Waals surface area contributed by atoms with Gasteiger partial charge in [0.15, 0.2) is 0 Å². The number of likely N-dealkylation sites (tertiary alicyclic amines) is 1. The summed E-state index contributed by atoms with van der Waals surface area (Å²) in [4.78, 5) is 24.7. The van der Waals surface area contributed by atoms with Gasteiger partial charge >= 0.3 is 5.97 Å². The Morgan fingerprint density at radius 1 is 1.16 bits per heavy atom. The molecule has 206 valence electrons. The first kappa shape index (κ1) is 28.9. The van der Waals surface area contributed by atoms with E-state index in [9.17, 15) is 14.7 Å². The highest BCUT2D eigenvalue weighted by atomic mass is 35.5. The summed E-state index contributed by atoms with van der Waals surface area (Å²) in [6, 6.07) is 12.7. The van der Waals surface area contributed by atoms with E-state index in [0.717, 1.165) is 35.1 Å². The highest BCUT2D eigenvalue weighted by Crippen LogP contribution is 2.53. The number of rotatable bonds is 7. The van der Waals surface area contributed by atoms with E-state index in [0.29, 0.717) is 47.5 Å². The molecule has 1 aliphatic heterocycles. The van der Waals surface area contributed by atoms with Gasteiger partial charge < -0.3 is 19.6 Å². The summed E-state index contributed by atoms with van der Waals surface area (Å²) in [5.41, 5.74) is 0.234. The van der Waals surface area contributed by atoms with Gasteiger partial charge in [0.05, 0.1) is 36.6 Å². The van der Waals surface area contributed by atoms with Gasteiger partial charge in [0.25, 0.3) is 0 Å². The van der Waals surface area contributed by atoms with E-state index in [2.05, 4.69) is 26.2 Å². The van der Waals surface area contributed by atoms with Crippen LogP contribution in [-0.4, -0.2) is 59.8 Å². The van der Waals surface area contributed by atoms with E-state index >= 15 is 0 Å². The molecular formula is C30H39Cl2N2O4+. The lowest BCUT2D eigenvalue weighted by molar-refractivity contribution is -0.926. The fourth-order valence-electron chi connectivity index (χ4n) is 6.93.